The normalized spacial score (nSPS) is 19.6. The van der Waals surface area contributed by atoms with E-state index < -0.39 is 5.41 Å². The second-order valence-electron chi connectivity index (χ2n) is 8.71. The van der Waals surface area contributed by atoms with Crippen molar-refractivity contribution in [2.75, 3.05) is 10.6 Å². The Balaban J connectivity index is 1.75. The van der Waals surface area contributed by atoms with Crippen LogP contribution in [0.3, 0.4) is 0 Å². The lowest BCUT2D eigenvalue weighted by Crippen LogP contribution is -2.43. The average Bonchev–Trinajstić information content (AvgIpc) is 3.21. The van der Waals surface area contributed by atoms with Crippen LogP contribution in [0.1, 0.15) is 54.0 Å². The predicted molar refractivity (Wildman–Crippen MR) is 116 cm³/mol. The van der Waals surface area contributed by atoms with Gasteiger partial charge in [-0.15, -0.1) is 0 Å². The van der Waals surface area contributed by atoms with Gasteiger partial charge in [-0.2, -0.15) is 5.10 Å². The molecule has 1 atom stereocenters. The highest BCUT2D eigenvalue weighted by molar-refractivity contribution is 6.14. The van der Waals surface area contributed by atoms with Crippen LogP contribution in [0.25, 0.3) is 5.69 Å². The van der Waals surface area contributed by atoms with Gasteiger partial charge in [0.1, 0.15) is 11.2 Å². The minimum absolute atomic E-state index is 0.0684. The molecule has 6 nitrogen and oxygen atoms in total. The summed E-state index contributed by atoms with van der Waals surface area (Å²) in [5, 5.41) is 10.6. The number of carbonyl (C=O) groups excluding carboxylic acids is 2. The molecule has 1 spiro atoms. The van der Waals surface area contributed by atoms with Crippen molar-refractivity contribution in [2.24, 2.45) is 0 Å². The Morgan fingerprint density at radius 3 is 2.43 bits per heavy atom. The van der Waals surface area contributed by atoms with E-state index in [9.17, 15) is 9.59 Å². The number of hydrogen-bond acceptors (Lipinski definition) is 3. The molecule has 6 heteroatoms. The second kappa shape index (κ2) is 6.29. The Morgan fingerprint density at radius 1 is 1.00 bits per heavy atom. The van der Waals surface area contributed by atoms with Crippen molar-refractivity contribution in [1.29, 1.82) is 0 Å². The van der Waals surface area contributed by atoms with E-state index in [1.807, 2.05) is 38.1 Å². The molecule has 2 aromatic carbocycles. The van der Waals surface area contributed by atoms with Gasteiger partial charge in [-0.25, -0.2) is 4.68 Å². The van der Waals surface area contributed by atoms with Gasteiger partial charge in [0.2, 0.25) is 11.8 Å². The van der Waals surface area contributed by atoms with Crippen molar-refractivity contribution in [3.63, 3.8) is 0 Å². The number of carbonyl (C=O) groups is 2. The van der Waals surface area contributed by atoms with Gasteiger partial charge in [0.15, 0.2) is 0 Å². The number of nitrogens with one attached hydrogen (secondary N) is 2. The van der Waals surface area contributed by atoms with Crippen molar-refractivity contribution in [1.82, 2.24) is 9.78 Å². The third-order valence-corrected chi connectivity index (χ3v) is 6.17. The molecule has 1 unspecified atom stereocenters. The van der Waals surface area contributed by atoms with Gasteiger partial charge in [0, 0.05) is 17.7 Å². The van der Waals surface area contributed by atoms with Crippen LogP contribution >= 0.6 is 0 Å². The summed E-state index contributed by atoms with van der Waals surface area (Å²) >= 11 is 0. The van der Waals surface area contributed by atoms with E-state index >= 15 is 0 Å². The molecular weight excluding hydrogens is 376 g/mol. The maximum Gasteiger partial charge on any atom is 0.240 e. The van der Waals surface area contributed by atoms with Crippen LogP contribution in [-0.4, -0.2) is 21.6 Å². The van der Waals surface area contributed by atoms with E-state index in [0.29, 0.717) is 11.7 Å². The molecule has 2 aliphatic rings. The lowest BCUT2D eigenvalue weighted by Gasteiger charge is -2.32. The lowest BCUT2D eigenvalue weighted by atomic mass is 9.71. The van der Waals surface area contributed by atoms with E-state index in [2.05, 4.69) is 41.7 Å². The van der Waals surface area contributed by atoms with Gasteiger partial charge in [0.25, 0.3) is 0 Å². The van der Waals surface area contributed by atoms with Crippen molar-refractivity contribution in [3.05, 3.63) is 70.4 Å². The summed E-state index contributed by atoms with van der Waals surface area (Å²) in [7, 11) is 0. The number of aryl methyl sites for hydroxylation is 2. The minimum atomic E-state index is -1.06. The lowest BCUT2D eigenvalue weighted by molar-refractivity contribution is -0.125. The average molecular weight is 400 g/mol. The first-order valence-electron chi connectivity index (χ1n) is 10.2. The first-order chi connectivity index (χ1) is 14.3. The summed E-state index contributed by atoms with van der Waals surface area (Å²) in [4.78, 5) is 26.2. The molecule has 0 radical (unpaired) electrons. The van der Waals surface area contributed by atoms with Gasteiger partial charge in [0.05, 0.1) is 11.9 Å². The smallest absolute Gasteiger partial charge is 0.240 e. The number of hydrogen-bond donors (Lipinski definition) is 2. The first-order valence-corrected chi connectivity index (χ1v) is 10.2. The molecule has 1 aromatic heterocycles. The zero-order valence-corrected chi connectivity index (χ0v) is 17.5. The number of benzene rings is 2. The molecule has 0 saturated carbocycles. The quantitative estimate of drug-likeness (QED) is 0.677. The van der Waals surface area contributed by atoms with Crippen LogP contribution in [0.4, 0.5) is 11.5 Å². The molecule has 152 valence electrons. The van der Waals surface area contributed by atoms with Crippen molar-refractivity contribution >= 4 is 23.3 Å². The first kappa shape index (κ1) is 18.6. The van der Waals surface area contributed by atoms with Gasteiger partial charge in [-0.05, 0) is 60.2 Å². The molecular formula is C24H24N4O2. The summed E-state index contributed by atoms with van der Waals surface area (Å²) < 4.78 is 1.73. The molecule has 3 aromatic rings. The largest absolute Gasteiger partial charge is 0.325 e. The third kappa shape index (κ3) is 2.53. The summed E-state index contributed by atoms with van der Waals surface area (Å²) in [6, 6.07) is 12.2. The Morgan fingerprint density at radius 2 is 1.73 bits per heavy atom. The summed E-state index contributed by atoms with van der Waals surface area (Å²) in [5.41, 5.74) is 5.51. The van der Waals surface area contributed by atoms with Crippen LogP contribution in [-0.2, 0) is 15.0 Å². The fourth-order valence-corrected chi connectivity index (χ4v) is 4.74. The molecule has 0 bridgehead atoms. The number of amides is 2. The zero-order chi connectivity index (χ0) is 21.2. The Labute approximate surface area is 175 Å². The van der Waals surface area contributed by atoms with Crippen molar-refractivity contribution in [2.45, 2.75) is 45.4 Å². The molecule has 2 aliphatic heterocycles. The van der Waals surface area contributed by atoms with E-state index in [-0.39, 0.29) is 18.2 Å². The topological polar surface area (TPSA) is 76.0 Å². The highest BCUT2D eigenvalue weighted by atomic mass is 16.2. The van der Waals surface area contributed by atoms with Gasteiger partial charge in [-0.3, -0.25) is 9.59 Å². The monoisotopic (exact) mass is 400 g/mol. The zero-order valence-electron chi connectivity index (χ0n) is 17.5. The molecule has 0 fully saturated rings. The fraction of sp³-hybridized carbons (Fsp3) is 0.292. The standard InChI is InChI=1S/C24H24N4O2/c1-13(2)16-5-6-20-18(10-16)24(23(30)26-20)11-21(29)27-22-19(24)12-25-28(22)17-8-14(3)7-15(4)9-17/h5-10,12-13H,11H2,1-4H3,(H,26,30)(H,27,29). The Hall–Kier alpha value is -3.41. The number of aromatic nitrogens is 2. The summed E-state index contributed by atoms with van der Waals surface area (Å²) in [6.45, 7) is 8.30. The molecule has 3 heterocycles. The molecule has 0 saturated heterocycles. The van der Waals surface area contributed by atoms with E-state index in [0.717, 1.165) is 39.2 Å². The Kier molecular flexibility index (Phi) is 3.90. The van der Waals surface area contributed by atoms with Crippen molar-refractivity contribution < 1.29 is 9.59 Å². The SMILES string of the molecule is Cc1cc(C)cc(-n2ncc3c2NC(=O)CC32C(=O)Nc3ccc(C(C)C)cc32)c1. The van der Waals surface area contributed by atoms with E-state index in [4.69, 9.17) is 0 Å². The molecule has 2 N–H and O–H groups in total. The van der Waals surface area contributed by atoms with E-state index in [1.165, 1.54) is 0 Å². The summed E-state index contributed by atoms with van der Waals surface area (Å²) in [6.07, 6.45) is 1.79. The van der Waals surface area contributed by atoms with E-state index in [1.54, 1.807) is 10.9 Å². The Bertz CT molecular complexity index is 1200. The number of anilines is 2. The van der Waals surface area contributed by atoms with Crippen LogP contribution in [0, 0.1) is 13.8 Å². The van der Waals surface area contributed by atoms with Gasteiger partial charge < -0.3 is 10.6 Å². The molecule has 0 aliphatic carbocycles. The third-order valence-electron chi connectivity index (χ3n) is 6.17. The second-order valence-corrected chi connectivity index (χ2v) is 8.71. The fourth-order valence-electron chi connectivity index (χ4n) is 4.74. The molecule has 2 amide bonds. The highest BCUT2D eigenvalue weighted by Gasteiger charge is 2.54. The summed E-state index contributed by atoms with van der Waals surface area (Å²) in [5.74, 6) is 0.521. The number of rotatable bonds is 2. The van der Waals surface area contributed by atoms with Crippen LogP contribution < -0.4 is 10.6 Å². The maximum absolute atomic E-state index is 13.3. The van der Waals surface area contributed by atoms with Gasteiger partial charge in [-0.1, -0.05) is 32.0 Å². The van der Waals surface area contributed by atoms with Crippen molar-refractivity contribution in [3.8, 4) is 5.69 Å². The van der Waals surface area contributed by atoms with Crippen LogP contribution in [0.5, 0.6) is 0 Å². The minimum Gasteiger partial charge on any atom is -0.325 e. The number of nitrogens with zero attached hydrogens (tertiary/aromatic N) is 2. The number of fused-ring (bicyclic) bond motifs is 4. The van der Waals surface area contributed by atoms with Gasteiger partial charge >= 0.3 is 0 Å². The maximum atomic E-state index is 13.3. The van der Waals surface area contributed by atoms with Crippen LogP contribution in [0.2, 0.25) is 0 Å². The highest BCUT2D eigenvalue weighted by Crippen LogP contribution is 2.50. The predicted octanol–water partition coefficient (Wildman–Crippen LogP) is 4.19. The van der Waals surface area contributed by atoms with Crippen LogP contribution in [0.15, 0.2) is 42.6 Å². The molecule has 5 rings (SSSR count). The molecule has 30 heavy (non-hydrogen) atoms.